The van der Waals surface area contributed by atoms with Gasteiger partial charge < -0.3 is 20.1 Å². The highest BCUT2D eigenvalue weighted by Gasteiger charge is 2.53. The molecule has 0 aromatic carbocycles. The summed E-state index contributed by atoms with van der Waals surface area (Å²) in [4.78, 5) is 0. The predicted molar refractivity (Wildman–Crippen MR) is 54.3 cm³/mol. The third-order valence-corrected chi connectivity index (χ3v) is 2.15. The second kappa shape index (κ2) is 3.93. The second-order valence-corrected chi connectivity index (χ2v) is 3.27. The van der Waals surface area contributed by atoms with Crippen molar-refractivity contribution in [3.8, 4) is 0 Å². The zero-order valence-electron chi connectivity index (χ0n) is 8.14. The van der Waals surface area contributed by atoms with E-state index in [0.29, 0.717) is 0 Å². The van der Waals surface area contributed by atoms with Gasteiger partial charge in [0.05, 0.1) is 17.1 Å². The molecule has 0 aliphatic carbocycles. The van der Waals surface area contributed by atoms with Gasteiger partial charge in [0.2, 0.25) is 0 Å². The molecule has 0 aromatic heterocycles. The van der Waals surface area contributed by atoms with Crippen LogP contribution < -0.4 is 0 Å². The predicted octanol–water partition coefficient (Wildman–Crippen LogP) is -3.28. The summed E-state index contributed by atoms with van der Waals surface area (Å²) in [6, 6.07) is 0. The van der Waals surface area contributed by atoms with Crippen molar-refractivity contribution in [2.75, 3.05) is 7.11 Å². The number of aliphatic hydroxyl groups excluding tert-OH is 1. The Balaban J connectivity index is 5.25. The van der Waals surface area contributed by atoms with Crippen molar-refractivity contribution in [3.63, 3.8) is 0 Å². The number of rotatable bonds is 4. The quantitative estimate of drug-likeness (QED) is 0.406. The van der Waals surface area contributed by atoms with E-state index in [2.05, 4.69) is 4.74 Å². The molecule has 0 rings (SSSR count). The van der Waals surface area contributed by atoms with Gasteiger partial charge in [-0.2, -0.15) is 0 Å². The van der Waals surface area contributed by atoms with Crippen LogP contribution >= 0.6 is 0 Å². The molecule has 0 bridgehead atoms. The van der Waals surface area contributed by atoms with Crippen LogP contribution in [0.3, 0.4) is 0 Å². The van der Waals surface area contributed by atoms with E-state index in [1.54, 1.807) is 0 Å². The summed E-state index contributed by atoms with van der Waals surface area (Å²) in [7, 11) is 21.9. The molecule has 0 saturated carbocycles. The molecule has 14 heavy (non-hydrogen) atoms. The van der Waals surface area contributed by atoms with Crippen LogP contribution in [-0.4, -0.2) is 76.3 Å². The molecule has 0 fully saturated rings. The average molecular weight is 189 g/mol. The maximum absolute atomic E-state index is 9.60. The third kappa shape index (κ3) is 2.03. The molecule has 0 aliphatic heterocycles. The zero-order valence-corrected chi connectivity index (χ0v) is 8.14. The second-order valence-electron chi connectivity index (χ2n) is 3.27. The molecule has 8 radical (unpaired) electrons. The van der Waals surface area contributed by atoms with Gasteiger partial charge in [0, 0.05) is 12.5 Å². The largest absolute Gasteiger partial charge is 0.407 e. The van der Waals surface area contributed by atoms with Crippen molar-refractivity contribution < 1.29 is 20.1 Å². The number of methoxy groups -OCH3 is 1. The molecular weight excluding hydrogens is 179 g/mol. The van der Waals surface area contributed by atoms with Crippen LogP contribution in [-0.2, 0) is 4.74 Å². The van der Waals surface area contributed by atoms with E-state index in [-0.39, 0.29) is 0 Å². The first-order valence-corrected chi connectivity index (χ1v) is 3.84. The van der Waals surface area contributed by atoms with E-state index in [1.165, 1.54) is 0 Å². The van der Waals surface area contributed by atoms with Gasteiger partial charge in [-0.1, -0.05) is 0 Å². The Hall–Kier alpha value is 0.0997. The summed E-state index contributed by atoms with van der Waals surface area (Å²) in [5.41, 5.74) is -4.91. The monoisotopic (exact) mass is 190 g/mol. The lowest BCUT2D eigenvalue weighted by Crippen LogP contribution is -2.73. The number of aliphatic hydroxyl groups is 3. The standard InChI is InChI=1S/C6H10B4O4/c1-3(11)4(7,12)5(8,14-2)6(9,10)13/h3,11-13H,1-2H3. The minimum absolute atomic E-state index is 1.03. The molecule has 3 unspecified atom stereocenters. The highest BCUT2D eigenvalue weighted by atomic mass is 16.5. The first kappa shape index (κ1) is 14.1. The lowest BCUT2D eigenvalue weighted by atomic mass is 9.40. The summed E-state index contributed by atoms with van der Waals surface area (Å²) in [5.74, 6) is 0. The Kier molecular flexibility index (Phi) is 3.95. The summed E-state index contributed by atoms with van der Waals surface area (Å²) in [5, 5.41) is 25.4. The fourth-order valence-electron chi connectivity index (χ4n) is 0.958. The minimum Gasteiger partial charge on any atom is -0.407 e. The molecule has 8 heteroatoms. The van der Waals surface area contributed by atoms with Crippen molar-refractivity contribution >= 4 is 31.4 Å². The topological polar surface area (TPSA) is 69.9 Å². The fourth-order valence-corrected chi connectivity index (χ4v) is 0.958. The summed E-state index contributed by atoms with van der Waals surface area (Å²) in [6.45, 7) is 1.15. The van der Waals surface area contributed by atoms with E-state index in [0.717, 1.165) is 14.0 Å². The highest BCUT2D eigenvalue weighted by Crippen LogP contribution is 2.30. The molecule has 0 saturated heterocycles. The third-order valence-electron chi connectivity index (χ3n) is 2.15. The molecule has 0 spiro atoms. The zero-order chi connectivity index (χ0) is 11.8. The van der Waals surface area contributed by atoms with Gasteiger partial charge in [-0.05, 0) is 6.92 Å². The van der Waals surface area contributed by atoms with Crippen LogP contribution in [0.15, 0.2) is 0 Å². The number of ether oxygens (including phenoxy) is 1. The summed E-state index contributed by atoms with van der Waals surface area (Å²) in [6.07, 6.45) is -1.51. The number of hydrogen-bond donors (Lipinski definition) is 3. The molecule has 3 N–H and O–H groups in total. The minimum atomic E-state index is -2.61. The van der Waals surface area contributed by atoms with Gasteiger partial charge in [-0.15, -0.1) is 0 Å². The van der Waals surface area contributed by atoms with E-state index in [4.69, 9.17) is 36.5 Å². The molecule has 0 heterocycles. The SMILES string of the molecule is [B]C([B])(O)C([B])(OC)C([B])(O)C(C)O. The van der Waals surface area contributed by atoms with E-state index < -0.39 is 22.5 Å². The molecule has 0 aromatic rings. The van der Waals surface area contributed by atoms with Crippen molar-refractivity contribution in [1.29, 1.82) is 0 Å². The van der Waals surface area contributed by atoms with Crippen LogP contribution in [0.1, 0.15) is 6.92 Å². The van der Waals surface area contributed by atoms with Gasteiger partial charge in [0.1, 0.15) is 31.4 Å². The van der Waals surface area contributed by atoms with Gasteiger partial charge in [-0.25, -0.2) is 0 Å². The van der Waals surface area contributed by atoms with E-state index in [9.17, 15) is 10.2 Å². The van der Waals surface area contributed by atoms with Crippen molar-refractivity contribution in [2.24, 2.45) is 0 Å². The van der Waals surface area contributed by atoms with Crippen molar-refractivity contribution in [3.05, 3.63) is 0 Å². The van der Waals surface area contributed by atoms with Gasteiger partial charge in [0.15, 0.2) is 0 Å². The lowest BCUT2D eigenvalue weighted by Gasteiger charge is -2.52. The van der Waals surface area contributed by atoms with Gasteiger partial charge >= 0.3 is 0 Å². The Bertz CT molecular complexity index is 202. The van der Waals surface area contributed by atoms with Crippen LogP contribution in [0, 0.1) is 0 Å². The molecule has 0 aliphatic rings. The maximum atomic E-state index is 9.60. The van der Waals surface area contributed by atoms with Crippen LogP contribution in [0.2, 0.25) is 0 Å². The molecule has 0 amide bonds. The van der Waals surface area contributed by atoms with Crippen molar-refractivity contribution in [2.45, 2.75) is 29.4 Å². The summed E-state index contributed by atoms with van der Waals surface area (Å²) >= 11 is 0. The van der Waals surface area contributed by atoms with Crippen molar-refractivity contribution in [1.82, 2.24) is 0 Å². The molecule has 4 nitrogen and oxygen atoms in total. The fraction of sp³-hybridized carbons (Fsp3) is 1.00. The van der Waals surface area contributed by atoms with E-state index in [1.807, 2.05) is 0 Å². The maximum Gasteiger partial charge on any atom is 0.119 e. The Labute approximate surface area is 88.7 Å². The highest BCUT2D eigenvalue weighted by molar-refractivity contribution is 6.45. The Morgan fingerprint density at radius 2 is 1.50 bits per heavy atom. The van der Waals surface area contributed by atoms with Crippen LogP contribution in [0.4, 0.5) is 0 Å². The molecule has 3 atom stereocenters. The smallest absolute Gasteiger partial charge is 0.119 e. The summed E-state index contributed by atoms with van der Waals surface area (Å²) < 4.78 is 4.57. The Morgan fingerprint density at radius 3 is 1.57 bits per heavy atom. The van der Waals surface area contributed by atoms with Crippen LogP contribution in [0.25, 0.3) is 0 Å². The molecular formula is C6H10B4O4. The van der Waals surface area contributed by atoms with Gasteiger partial charge in [-0.3, -0.25) is 0 Å². The number of hydrogen-bond acceptors (Lipinski definition) is 4. The lowest BCUT2D eigenvalue weighted by molar-refractivity contribution is -0.159. The van der Waals surface area contributed by atoms with Gasteiger partial charge in [0.25, 0.3) is 0 Å². The van der Waals surface area contributed by atoms with E-state index >= 15 is 0 Å². The average Bonchev–Trinajstić information content (AvgIpc) is 2.00. The molecule has 70 valence electrons. The normalized spacial score (nSPS) is 23.5. The Morgan fingerprint density at radius 1 is 1.14 bits per heavy atom. The first-order chi connectivity index (χ1) is 6.00. The first-order valence-electron chi connectivity index (χ1n) is 3.84. The van der Waals surface area contributed by atoms with Crippen LogP contribution in [0.5, 0.6) is 0 Å².